The van der Waals surface area contributed by atoms with Crippen LogP contribution in [0, 0.1) is 5.92 Å². The molecule has 5 heteroatoms. The minimum atomic E-state index is -4.35. The smallest absolute Gasteiger partial charge is 0.327 e. The number of hydrogen-bond donors (Lipinski definition) is 0. The lowest BCUT2D eigenvalue weighted by Gasteiger charge is -2.13. The zero-order valence-electron chi connectivity index (χ0n) is 10.2. The topological polar surface area (TPSA) is 17.8 Å². The molecular weight excluding hydrogens is 217 g/mol. The lowest BCUT2D eigenvalue weighted by molar-refractivity contribution is -0.147. The van der Waals surface area contributed by atoms with Gasteiger partial charge in [0, 0.05) is 18.9 Å². The van der Waals surface area contributed by atoms with Gasteiger partial charge in [-0.3, -0.25) is 0 Å². The van der Waals surface area contributed by atoms with Crippen LogP contribution in [-0.4, -0.2) is 9.55 Å². The van der Waals surface area contributed by atoms with Gasteiger partial charge < -0.3 is 4.57 Å². The summed E-state index contributed by atoms with van der Waals surface area (Å²) >= 11 is 0. The minimum absolute atomic E-state index is 0.227. The van der Waals surface area contributed by atoms with E-state index in [1.165, 1.54) is 12.4 Å². The van der Waals surface area contributed by atoms with Gasteiger partial charge in [0.2, 0.25) is 5.82 Å². The molecule has 0 spiro atoms. The standard InChI is InChI=1S/C9H13F3N2.C2H6/c1-3-7(2)6-14-5-4-13-8(14)9(10,11)12;1-2/h4-5,7H,3,6H2,1-2H3;1-2H3. The molecule has 2 nitrogen and oxygen atoms in total. The van der Waals surface area contributed by atoms with Crippen LogP contribution in [0.3, 0.4) is 0 Å². The molecule has 1 rings (SSSR count). The van der Waals surface area contributed by atoms with Crippen LogP contribution in [0.2, 0.25) is 0 Å². The van der Waals surface area contributed by atoms with Crippen molar-refractivity contribution in [1.29, 1.82) is 0 Å². The van der Waals surface area contributed by atoms with Gasteiger partial charge >= 0.3 is 6.18 Å². The van der Waals surface area contributed by atoms with E-state index in [4.69, 9.17) is 0 Å². The molecule has 0 saturated heterocycles. The number of rotatable bonds is 3. The molecule has 0 N–H and O–H groups in total. The number of alkyl halides is 3. The van der Waals surface area contributed by atoms with E-state index in [1.54, 1.807) is 0 Å². The van der Waals surface area contributed by atoms with Crippen molar-refractivity contribution in [2.75, 3.05) is 0 Å². The van der Waals surface area contributed by atoms with E-state index in [9.17, 15) is 13.2 Å². The highest BCUT2D eigenvalue weighted by molar-refractivity contribution is 4.96. The predicted octanol–water partition coefficient (Wildman–Crippen LogP) is 3.97. The molecule has 0 bridgehead atoms. The summed E-state index contributed by atoms with van der Waals surface area (Å²) in [5.74, 6) is -0.580. The molecule has 1 aromatic rings. The predicted molar refractivity (Wildman–Crippen MR) is 58.0 cm³/mol. The van der Waals surface area contributed by atoms with Crippen molar-refractivity contribution < 1.29 is 13.2 Å². The molecule has 0 aliphatic carbocycles. The van der Waals surface area contributed by atoms with Crippen LogP contribution >= 0.6 is 0 Å². The molecule has 94 valence electrons. The van der Waals surface area contributed by atoms with Gasteiger partial charge in [0.05, 0.1) is 0 Å². The summed E-state index contributed by atoms with van der Waals surface area (Å²) in [5.41, 5.74) is 0. The quantitative estimate of drug-likeness (QED) is 0.776. The second-order valence-electron chi connectivity index (χ2n) is 3.41. The molecule has 1 atom stereocenters. The Morgan fingerprint density at radius 3 is 2.38 bits per heavy atom. The molecule has 0 radical (unpaired) electrons. The van der Waals surface area contributed by atoms with Crippen LogP contribution in [0.5, 0.6) is 0 Å². The van der Waals surface area contributed by atoms with E-state index < -0.39 is 12.0 Å². The van der Waals surface area contributed by atoms with Crippen molar-refractivity contribution in [1.82, 2.24) is 9.55 Å². The van der Waals surface area contributed by atoms with E-state index in [2.05, 4.69) is 4.98 Å². The lowest BCUT2D eigenvalue weighted by atomic mass is 10.1. The highest BCUT2D eigenvalue weighted by Gasteiger charge is 2.36. The van der Waals surface area contributed by atoms with E-state index >= 15 is 0 Å². The summed E-state index contributed by atoms with van der Waals surface area (Å²) in [7, 11) is 0. The number of hydrogen-bond acceptors (Lipinski definition) is 1. The molecule has 0 amide bonds. The monoisotopic (exact) mass is 236 g/mol. The summed E-state index contributed by atoms with van der Waals surface area (Å²) in [6.07, 6.45) is -0.938. The van der Waals surface area contributed by atoms with Crippen LogP contribution in [0.15, 0.2) is 12.4 Å². The van der Waals surface area contributed by atoms with Gasteiger partial charge in [0.1, 0.15) is 0 Å². The molecule has 1 heterocycles. The number of aromatic nitrogens is 2. The van der Waals surface area contributed by atoms with Gasteiger partial charge in [-0.2, -0.15) is 13.2 Å². The first-order valence-corrected chi connectivity index (χ1v) is 5.53. The van der Waals surface area contributed by atoms with Crippen molar-refractivity contribution >= 4 is 0 Å². The van der Waals surface area contributed by atoms with E-state index in [0.717, 1.165) is 11.0 Å². The Morgan fingerprint density at radius 1 is 1.38 bits per heavy atom. The van der Waals surface area contributed by atoms with Crippen LogP contribution in [-0.2, 0) is 12.7 Å². The molecule has 1 aromatic heterocycles. The van der Waals surface area contributed by atoms with Crippen molar-refractivity contribution in [2.24, 2.45) is 5.92 Å². The number of imidazole rings is 1. The Labute approximate surface area is 94.5 Å². The Kier molecular flexibility index (Phi) is 6.14. The normalized spacial score (nSPS) is 12.9. The fourth-order valence-electron chi connectivity index (χ4n) is 1.18. The Hall–Kier alpha value is -1.00. The highest BCUT2D eigenvalue weighted by Crippen LogP contribution is 2.28. The van der Waals surface area contributed by atoms with Crippen LogP contribution in [0.25, 0.3) is 0 Å². The van der Waals surface area contributed by atoms with Gasteiger partial charge in [-0.15, -0.1) is 0 Å². The highest BCUT2D eigenvalue weighted by atomic mass is 19.4. The maximum atomic E-state index is 12.4. The number of halogens is 3. The first-order chi connectivity index (χ1) is 7.45. The van der Waals surface area contributed by atoms with Gasteiger partial charge in [0.25, 0.3) is 0 Å². The van der Waals surface area contributed by atoms with Crippen molar-refractivity contribution in [3.05, 3.63) is 18.2 Å². The molecule has 0 saturated carbocycles. The molecule has 1 unspecified atom stereocenters. The summed E-state index contributed by atoms with van der Waals surface area (Å²) in [6.45, 7) is 8.24. The van der Waals surface area contributed by atoms with Crippen LogP contribution < -0.4 is 0 Å². The third kappa shape index (κ3) is 4.24. The van der Waals surface area contributed by atoms with Crippen molar-refractivity contribution in [3.63, 3.8) is 0 Å². The summed E-state index contributed by atoms with van der Waals surface area (Å²) in [6, 6.07) is 0. The van der Waals surface area contributed by atoms with E-state index in [0.29, 0.717) is 6.54 Å². The lowest BCUT2D eigenvalue weighted by Crippen LogP contribution is -2.17. The fraction of sp³-hybridized carbons (Fsp3) is 0.727. The zero-order valence-corrected chi connectivity index (χ0v) is 10.2. The molecule has 16 heavy (non-hydrogen) atoms. The third-order valence-corrected chi connectivity index (χ3v) is 2.17. The molecule has 0 aliphatic rings. The first-order valence-electron chi connectivity index (χ1n) is 5.53. The Bertz CT molecular complexity index is 292. The summed E-state index contributed by atoms with van der Waals surface area (Å²) in [5, 5.41) is 0. The maximum Gasteiger partial charge on any atom is 0.449 e. The second-order valence-corrected chi connectivity index (χ2v) is 3.41. The molecule has 0 aromatic carbocycles. The second kappa shape index (κ2) is 6.55. The van der Waals surface area contributed by atoms with Gasteiger partial charge in [-0.05, 0) is 5.92 Å². The van der Waals surface area contributed by atoms with E-state index in [-0.39, 0.29) is 5.92 Å². The molecule has 0 aliphatic heterocycles. The van der Waals surface area contributed by atoms with Gasteiger partial charge in [0.15, 0.2) is 0 Å². The summed E-state index contributed by atoms with van der Waals surface area (Å²) < 4.78 is 38.2. The maximum absolute atomic E-state index is 12.4. The zero-order chi connectivity index (χ0) is 12.8. The Balaban J connectivity index is 0.00000106. The van der Waals surface area contributed by atoms with Gasteiger partial charge in [-0.1, -0.05) is 34.1 Å². The summed E-state index contributed by atoms with van der Waals surface area (Å²) in [4.78, 5) is 3.31. The van der Waals surface area contributed by atoms with Crippen LogP contribution in [0.4, 0.5) is 13.2 Å². The number of nitrogens with zero attached hydrogens (tertiary/aromatic N) is 2. The minimum Gasteiger partial charge on any atom is -0.327 e. The van der Waals surface area contributed by atoms with Crippen LogP contribution in [0.1, 0.15) is 39.9 Å². The van der Waals surface area contributed by atoms with Crippen molar-refractivity contribution in [2.45, 2.75) is 46.8 Å². The SMILES string of the molecule is CC.CCC(C)Cn1ccnc1C(F)(F)F. The average molecular weight is 236 g/mol. The fourth-order valence-corrected chi connectivity index (χ4v) is 1.18. The van der Waals surface area contributed by atoms with Gasteiger partial charge in [-0.25, -0.2) is 4.98 Å². The molecular formula is C11H19F3N2. The first kappa shape index (κ1) is 15.0. The molecule has 0 fully saturated rings. The average Bonchev–Trinajstić information content (AvgIpc) is 2.68. The Morgan fingerprint density at radius 2 is 1.94 bits per heavy atom. The largest absolute Gasteiger partial charge is 0.449 e. The van der Waals surface area contributed by atoms with E-state index in [1.807, 2.05) is 27.7 Å². The van der Waals surface area contributed by atoms with Crippen molar-refractivity contribution in [3.8, 4) is 0 Å². The third-order valence-electron chi connectivity index (χ3n) is 2.17.